The first kappa shape index (κ1) is 17.3. The number of rotatable bonds is 6. The normalized spacial score (nSPS) is 11.7. The number of ether oxygens (including phenoxy) is 1. The number of benzene rings is 1. The van der Waals surface area contributed by atoms with Gasteiger partial charge in [-0.15, -0.1) is 11.3 Å². The van der Waals surface area contributed by atoms with Gasteiger partial charge in [-0.1, -0.05) is 12.1 Å². The van der Waals surface area contributed by atoms with Gasteiger partial charge in [-0.05, 0) is 25.5 Å². The first-order valence-corrected chi connectivity index (χ1v) is 9.14. The molecule has 0 aliphatic rings. The SMILES string of the molecule is CCNC(=NCc1ccc(C)cc1OC)NCc1cn2ccsc2n1. The van der Waals surface area contributed by atoms with Crippen molar-refractivity contribution in [2.45, 2.75) is 26.9 Å². The van der Waals surface area contributed by atoms with Crippen LogP contribution in [0.25, 0.3) is 4.96 Å². The Hall–Kier alpha value is -2.54. The van der Waals surface area contributed by atoms with Gasteiger partial charge in [-0.2, -0.15) is 0 Å². The summed E-state index contributed by atoms with van der Waals surface area (Å²) in [5.74, 6) is 1.63. The lowest BCUT2D eigenvalue weighted by molar-refractivity contribution is 0.409. The third-order valence-electron chi connectivity index (χ3n) is 3.77. The number of aryl methyl sites for hydroxylation is 1. The average Bonchev–Trinajstić information content (AvgIpc) is 3.19. The Morgan fingerprint density at radius 2 is 2.24 bits per heavy atom. The lowest BCUT2D eigenvalue weighted by atomic mass is 10.1. The highest BCUT2D eigenvalue weighted by Gasteiger charge is 2.06. The molecule has 0 saturated carbocycles. The van der Waals surface area contributed by atoms with Gasteiger partial charge in [0.05, 0.1) is 25.9 Å². The van der Waals surface area contributed by atoms with Crippen LogP contribution >= 0.6 is 11.3 Å². The summed E-state index contributed by atoms with van der Waals surface area (Å²) in [4.78, 5) is 10.2. The zero-order valence-corrected chi connectivity index (χ0v) is 15.6. The molecule has 0 aliphatic carbocycles. The highest BCUT2D eigenvalue weighted by Crippen LogP contribution is 2.20. The maximum atomic E-state index is 5.45. The molecule has 25 heavy (non-hydrogen) atoms. The number of aromatic nitrogens is 2. The van der Waals surface area contributed by atoms with Gasteiger partial charge in [0.25, 0.3) is 0 Å². The van der Waals surface area contributed by atoms with Gasteiger partial charge in [0.15, 0.2) is 10.9 Å². The smallest absolute Gasteiger partial charge is 0.193 e. The van der Waals surface area contributed by atoms with Crippen LogP contribution in [0.4, 0.5) is 0 Å². The topological polar surface area (TPSA) is 63.0 Å². The van der Waals surface area contributed by atoms with Crippen LogP contribution in [-0.4, -0.2) is 29.0 Å². The summed E-state index contributed by atoms with van der Waals surface area (Å²) in [5.41, 5.74) is 3.23. The van der Waals surface area contributed by atoms with Crippen molar-refractivity contribution in [1.82, 2.24) is 20.0 Å². The molecule has 3 aromatic rings. The predicted molar refractivity (Wildman–Crippen MR) is 102 cm³/mol. The number of methoxy groups -OCH3 is 1. The van der Waals surface area contributed by atoms with E-state index in [1.807, 2.05) is 28.2 Å². The lowest BCUT2D eigenvalue weighted by Gasteiger charge is -2.11. The summed E-state index contributed by atoms with van der Waals surface area (Å²) >= 11 is 1.63. The maximum Gasteiger partial charge on any atom is 0.193 e. The zero-order chi connectivity index (χ0) is 17.6. The van der Waals surface area contributed by atoms with E-state index < -0.39 is 0 Å². The Morgan fingerprint density at radius 1 is 1.36 bits per heavy atom. The van der Waals surface area contributed by atoms with E-state index in [1.54, 1.807) is 18.4 Å². The molecule has 2 aromatic heterocycles. The Balaban J connectivity index is 1.67. The Kier molecular flexibility index (Phi) is 5.55. The van der Waals surface area contributed by atoms with E-state index in [4.69, 9.17) is 4.74 Å². The second-order valence-electron chi connectivity index (χ2n) is 5.69. The maximum absolute atomic E-state index is 5.45. The monoisotopic (exact) mass is 357 g/mol. The van der Waals surface area contributed by atoms with Gasteiger partial charge >= 0.3 is 0 Å². The van der Waals surface area contributed by atoms with Crippen LogP contribution in [0, 0.1) is 6.92 Å². The van der Waals surface area contributed by atoms with Crippen molar-refractivity contribution in [3.63, 3.8) is 0 Å². The van der Waals surface area contributed by atoms with Crippen LogP contribution in [0.2, 0.25) is 0 Å². The molecule has 7 heteroatoms. The van der Waals surface area contributed by atoms with Crippen molar-refractivity contribution in [1.29, 1.82) is 0 Å². The molecule has 0 fully saturated rings. The Labute approximate surface area is 151 Å². The van der Waals surface area contributed by atoms with Crippen LogP contribution in [-0.2, 0) is 13.1 Å². The van der Waals surface area contributed by atoms with Crippen LogP contribution < -0.4 is 15.4 Å². The van der Waals surface area contributed by atoms with Crippen LogP contribution in [0.3, 0.4) is 0 Å². The fraction of sp³-hybridized carbons (Fsp3) is 0.333. The number of thiazole rings is 1. The van der Waals surface area contributed by atoms with E-state index in [1.165, 1.54) is 5.56 Å². The number of hydrogen-bond donors (Lipinski definition) is 2. The second kappa shape index (κ2) is 8.02. The first-order valence-electron chi connectivity index (χ1n) is 8.26. The van der Waals surface area contributed by atoms with E-state index in [-0.39, 0.29) is 0 Å². The Bertz CT molecular complexity index is 839. The summed E-state index contributed by atoms with van der Waals surface area (Å²) in [6.07, 6.45) is 4.05. The van der Waals surface area contributed by atoms with E-state index in [0.29, 0.717) is 13.1 Å². The van der Waals surface area contributed by atoms with E-state index >= 15 is 0 Å². The minimum atomic E-state index is 0.553. The summed E-state index contributed by atoms with van der Waals surface area (Å²) in [7, 11) is 1.69. The number of hydrogen-bond acceptors (Lipinski definition) is 4. The van der Waals surface area contributed by atoms with Gasteiger partial charge in [0, 0.05) is 29.9 Å². The molecule has 0 radical (unpaired) electrons. The first-order chi connectivity index (χ1) is 12.2. The van der Waals surface area contributed by atoms with Gasteiger partial charge in [0.2, 0.25) is 0 Å². The molecular formula is C18H23N5OS. The number of fused-ring (bicyclic) bond motifs is 1. The van der Waals surface area contributed by atoms with Crippen LogP contribution in [0.15, 0.2) is 41.0 Å². The third-order valence-corrected chi connectivity index (χ3v) is 4.55. The van der Waals surface area contributed by atoms with Crippen molar-refractivity contribution >= 4 is 22.3 Å². The van der Waals surface area contributed by atoms with E-state index in [9.17, 15) is 0 Å². The fourth-order valence-corrected chi connectivity index (χ4v) is 3.24. The lowest BCUT2D eigenvalue weighted by Crippen LogP contribution is -2.36. The Morgan fingerprint density at radius 3 is 3.00 bits per heavy atom. The van der Waals surface area contributed by atoms with Gasteiger partial charge in [-0.3, -0.25) is 4.40 Å². The fourth-order valence-electron chi connectivity index (χ4n) is 2.52. The summed E-state index contributed by atoms with van der Waals surface area (Å²) in [5, 5.41) is 8.63. The minimum absolute atomic E-state index is 0.553. The average molecular weight is 357 g/mol. The molecule has 0 unspecified atom stereocenters. The van der Waals surface area contributed by atoms with Gasteiger partial charge in [-0.25, -0.2) is 9.98 Å². The predicted octanol–water partition coefficient (Wildman–Crippen LogP) is 2.97. The van der Waals surface area contributed by atoms with Crippen molar-refractivity contribution in [2.75, 3.05) is 13.7 Å². The van der Waals surface area contributed by atoms with E-state index in [2.05, 4.69) is 46.6 Å². The number of nitrogens with zero attached hydrogens (tertiary/aromatic N) is 3. The molecule has 3 rings (SSSR count). The standard InChI is InChI=1S/C18H23N5OS/c1-4-19-17(20-10-14-6-5-13(2)9-16(14)24-3)21-11-15-12-23-7-8-25-18(23)22-15/h5-9,12H,4,10-11H2,1-3H3,(H2,19,20,21). The van der Waals surface area contributed by atoms with Crippen LogP contribution in [0.1, 0.15) is 23.7 Å². The number of imidazole rings is 1. The number of aliphatic imine (C=N–C) groups is 1. The zero-order valence-electron chi connectivity index (χ0n) is 14.7. The second-order valence-corrected chi connectivity index (χ2v) is 6.56. The third kappa shape index (κ3) is 4.30. The largest absolute Gasteiger partial charge is 0.496 e. The highest BCUT2D eigenvalue weighted by molar-refractivity contribution is 7.15. The molecule has 1 aromatic carbocycles. The molecule has 0 saturated heterocycles. The van der Waals surface area contributed by atoms with Gasteiger partial charge in [0.1, 0.15) is 5.75 Å². The molecule has 0 aliphatic heterocycles. The molecule has 0 amide bonds. The molecule has 0 spiro atoms. The molecule has 2 heterocycles. The molecule has 0 bridgehead atoms. The summed E-state index contributed by atoms with van der Waals surface area (Å²) < 4.78 is 7.48. The van der Waals surface area contributed by atoms with Crippen LogP contribution in [0.5, 0.6) is 5.75 Å². The van der Waals surface area contributed by atoms with E-state index in [0.717, 1.165) is 34.5 Å². The minimum Gasteiger partial charge on any atom is -0.496 e. The quantitative estimate of drug-likeness (QED) is 0.526. The summed E-state index contributed by atoms with van der Waals surface area (Å²) in [6.45, 7) is 6.09. The van der Waals surface area contributed by atoms with Crippen molar-refractivity contribution in [3.8, 4) is 5.75 Å². The molecule has 132 valence electrons. The number of guanidine groups is 1. The molecule has 6 nitrogen and oxygen atoms in total. The van der Waals surface area contributed by atoms with Crippen molar-refractivity contribution < 1.29 is 4.74 Å². The van der Waals surface area contributed by atoms with Crippen molar-refractivity contribution in [2.24, 2.45) is 4.99 Å². The molecule has 0 atom stereocenters. The van der Waals surface area contributed by atoms with Gasteiger partial charge < -0.3 is 15.4 Å². The van der Waals surface area contributed by atoms with Crippen molar-refractivity contribution in [3.05, 3.63) is 52.8 Å². The molecular weight excluding hydrogens is 334 g/mol. The number of nitrogens with one attached hydrogen (secondary N) is 2. The molecule has 2 N–H and O–H groups in total. The summed E-state index contributed by atoms with van der Waals surface area (Å²) in [6, 6.07) is 6.17. The highest BCUT2D eigenvalue weighted by atomic mass is 32.1.